The lowest BCUT2D eigenvalue weighted by molar-refractivity contribution is -0.159. The van der Waals surface area contributed by atoms with Gasteiger partial charge in [-0.3, -0.25) is 9.59 Å². The first-order valence-electron chi connectivity index (χ1n) is 9.69. The molecule has 0 aromatic rings. The van der Waals surface area contributed by atoms with Crippen molar-refractivity contribution < 1.29 is 43.7 Å². The molecular formula is C19H33N3O9. The summed E-state index contributed by atoms with van der Waals surface area (Å²) in [6.45, 7) is 12.0. The Labute approximate surface area is 181 Å². The number of rotatable bonds is 5. The number of alkyl carbamates (subject to hydrolysis) is 1. The van der Waals surface area contributed by atoms with Crippen molar-refractivity contribution in [2.75, 3.05) is 26.2 Å². The number of ether oxygens (including phenoxy) is 2. The molecule has 1 rings (SSSR count). The molecule has 31 heavy (non-hydrogen) atoms. The van der Waals surface area contributed by atoms with E-state index in [9.17, 15) is 14.4 Å². The van der Waals surface area contributed by atoms with Crippen LogP contribution in [-0.2, 0) is 28.7 Å². The van der Waals surface area contributed by atoms with Crippen molar-refractivity contribution in [3.63, 3.8) is 0 Å². The lowest BCUT2D eigenvalue weighted by atomic mass is 10.1. The fraction of sp³-hybridized carbons (Fsp3) is 0.737. The lowest BCUT2D eigenvalue weighted by Gasteiger charge is -2.33. The van der Waals surface area contributed by atoms with Gasteiger partial charge in [0.05, 0.1) is 6.04 Å². The summed E-state index contributed by atoms with van der Waals surface area (Å²) in [5.74, 6) is -4.23. The van der Waals surface area contributed by atoms with Gasteiger partial charge in [-0.1, -0.05) is 0 Å². The molecule has 0 saturated carbocycles. The van der Waals surface area contributed by atoms with Gasteiger partial charge in [0.25, 0.3) is 0 Å². The van der Waals surface area contributed by atoms with Crippen molar-refractivity contribution in [2.24, 2.45) is 0 Å². The van der Waals surface area contributed by atoms with Gasteiger partial charge in [-0.25, -0.2) is 14.4 Å². The van der Waals surface area contributed by atoms with E-state index in [-0.39, 0.29) is 12.5 Å². The Morgan fingerprint density at radius 3 is 2.00 bits per heavy atom. The SMILES string of the molecule is CC(C)(C)OC(=O)CN1CCNC(CCNC(=O)OC(C)(C)C)C1=O.O=C(O)C(=O)O. The quantitative estimate of drug-likeness (QED) is 0.337. The van der Waals surface area contributed by atoms with Crippen LogP contribution in [0, 0.1) is 0 Å². The van der Waals surface area contributed by atoms with Gasteiger partial charge < -0.3 is 35.2 Å². The maximum atomic E-state index is 12.4. The molecule has 0 aliphatic carbocycles. The van der Waals surface area contributed by atoms with Crippen LogP contribution in [-0.4, -0.2) is 88.4 Å². The maximum Gasteiger partial charge on any atom is 0.414 e. The van der Waals surface area contributed by atoms with Crippen LogP contribution in [0.15, 0.2) is 0 Å². The zero-order valence-electron chi connectivity index (χ0n) is 18.8. The smallest absolute Gasteiger partial charge is 0.414 e. The van der Waals surface area contributed by atoms with Crippen LogP contribution in [0.4, 0.5) is 4.79 Å². The van der Waals surface area contributed by atoms with E-state index in [1.54, 1.807) is 41.5 Å². The van der Waals surface area contributed by atoms with Crippen molar-refractivity contribution in [3.8, 4) is 0 Å². The van der Waals surface area contributed by atoms with Gasteiger partial charge in [0.2, 0.25) is 5.91 Å². The van der Waals surface area contributed by atoms with Crippen molar-refractivity contribution in [1.82, 2.24) is 15.5 Å². The Hall–Kier alpha value is -2.89. The molecule has 1 aliphatic heterocycles. The molecule has 1 fully saturated rings. The second-order valence-corrected chi connectivity index (χ2v) is 8.68. The number of aliphatic carboxylic acids is 2. The number of hydrogen-bond donors (Lipinski definition) is 4. The largest absolute Gasteiger partial charge is 0.473 e. The molecule has 2 amide bonds. The summed E-state index contributed by atoms with van der Waals surface area (Å²) in [6, 6.07) is -0.439. The number of esters is 1. The van der Waals surface area contributed by atoms with Crippen molar-refractivity contribution in [1.29, 1.82) is 0 Å². The third kappa shape index (κ3) is 13.9. The molecule has 178 valence electrons. The van der Waals surface area contributed by atoms with Crippen molar-refractivity contribution in [2.45, 2.75) is 65.2 Å². The molecule has 0 spiro atoms. The first kappa shape index (κ1) is 28.1. The predicted molar refractivity (Wildman–Crippen MR) is 108 cm³/mol. The van der Waals surface area contributed by atoms with Crippen LogP contribution in [0.5, 0.6) is 0 Å². The van der Waals surface area contributed by atoms with Crippen molar-refractivity contribution in [3.05, 3.63) is 0 Å². The average Bonchev–Trinajstić information content (AvgIpc) is 2.55. The topological polar surface area (TPSA) is 172 Å². The van der Waals surface area contributed by atoms with E-state index in [1.165, 1.54) is 4.90 Å². The van der Waals surface area contributed by atoms with Gasteiger partial charge in [0.15, 0.2) is 0 Å². The molecular weight excluding hydrogens is 414 g/mol. The van der Waals surface area contributed by atoms with Gasteiger partial charge in [0.1, 0.15) is 17.7 Å². The third-order valence-electron chi connectivity index (χ3n) is 3.41. The summed E-state index contributed by atoms with van der Waals surface area (Å²) in [5.41, 5.74) is -1.14. The molecule has 0 radical (unpaired) electrons. The minimum Gasteiger partial charge on any atom is -0.473 e. The number of carbonyl (C=O) groups excluding carboxylic acids is 3. The Bertz CT molecular complexity index is 654. The lowest BCUT2D eigenvalue weighted by Crippen LogP contribution is -2.57. The highest BCUT2D eigenvalue weighted by atomic mass is 16.6. The molecule has 0 bridgehead atoms. The third-order valence-corrected chi connectivity index (χ3v) is 3.41. The molecule has 1 aliphatic rings. The van der Waals surface area contributed by atoms with E-state index in [0.717, 1.165) is 0 Å². The van der Waals surface area contributed by atoms with E-state index in [1.807, 2.05) is 0 Å². The zero-order chi connectivity index (χ0) is 24.4. The molecule has 4 N–H and O–H groups in total. The van der Waals surface area contributed by atoms with Crippen LogP contribution >= 0.6 is 0 Å². The molecule has 1 atom stereocenters. The normalized spacial score (nSPS) is 16.5. The standard InChI is InChI=1S/C17H31N3O5.C2H2O4/c1-16(2,3)24-13(21)11-20-10-9-18-12(14(20)22)7-8-19-15(23)25-17(4,5)6;3-1(4)2(5)6/h12,18H,7-11H2,1-6H3,(H,19,23);(H,3,4)(H,5,6). The molecule has 1 saturated heterocycles. The molecule has 12 heteroatoms. The number of nitrogens with one attached hydrogen (secondary N) is 2. The molecule has 12 nitrogen and oxygen atoms in total. The molecule has 1 unspecified atom stereocenters. The number of amides is 2. The summed E-state index contributed by atoms with van der Waals surface area (Å²) in [5, 5.41) is 20.5. The molecule has 1 heterocycles. The Morgan fingerprint density at radius 1 is 1.03 bits per heavy atom. The summed E-state index contributed by atoms with van der Waals surface area (Å²) in [4.78, 5) is 55.7. The van der Waals surface area contributed by atoms with Crippen LogP contribution in [0.2, 0.25) is 0 Å². The van der Waals surface area contributed by atoms with E-state index in [2.05, 4.69) is 10.6 Å². The van der Waals surface area contributed by atoms with Crippen LogP contribution in [0.3, 0.4) is 0 Å². The van der Waals surface area contributed by atoms with Gasteiger partial charge in [-0.05, 0) is 48.0 Å². The number of nitrogens with zero attached hydrogens (tertiary/aromatic N) is 1. The van der Waals surface area contributed by atoms with Gasteiger partial charge in [-0.15, -0.1) is 0 Å². The highest BCUT2D eigenvalue weighted by molar-refractivity contribution is 6.27. The van der Waals surface area contributed by atoms with Gasteiger partial charge >= 0.3 is 24.0 Å². The van der Waals surface area contributed by atoms with E-state index >= 15 is 0 Å². The van der Waals surface area contributed by atoms with Gasteiger partial charge in [-0.2, -0.15) is 0 Å². The number of hydrogen-bond acceptors (Lipinski definition) is 8. The van der Waals surface area contributed by atoms with Crippen LogP contribution in [0.25, 0.3) is 0 Å². The fourth-order valence-electron chi connectivity index (χ4n) is 2.34. The minimum absolute atomic E-state index is 0.0617. The number of piperazine rings is 1. The number of carboxylic acid groups (broad SMARTS) is 2. The first-order valence-corrected chi connectivity index (χ1v) is 9.69. The Morgan fingerprint density at radius 2 is 1.55 bits per heavy atom. The molecule has 0 aromatic heterocycles. The average molecular weight is 447 g/mol. The summed E-state index contributed by atoms with van der Waals surface area (Å²) >= 11 is 0. The second-order valence-electron chi connectivity index (χ2n) is 8.68. The molecule has 0 aromatic carbocycles. The summed E-state index contributed by atoms with van der Waals surface area (Å²) in [7, 11) is 0. The van der Waals surface area contributed by atoms with E-state index in [4.69, 9.17) is 29.3 Å². The van der Waals surface area contributed by atoms with Crippen molar-refractivity contribution >= 4 is 29.9 Å². The monoisotopic (exact) mass is 447 g/mol. The van der Waals surface area contributed by atoms with Gasteiger partial charge in [0, 0.05) is 19.6 Å². The Kier molecular flexibility index (Phi) is 11.0. The highest BCUT2D eigenvalue weighted by Crippen LogP contribution is 2.10. The Balaban J connectivity index is 0.00000131. The van der Waals surface area contributed by atoms with E-state index in [0.29, 0.717) is 26.1 Å². The number of carbonyl (C=O) groups is 5. The minimum atomic E-state index is -1.82. The maximum absolute atomic E-state index is 12.4. The zero-order valence-corrected chi connectivity index (χ0v) is 18.8. The van der Waals surface area contributed by atoms with E-state index < -0.39 is 41.2 Å². The summed E-state index contributed by atoms with van der Waals surface area (Å²) < 4.78 is 10.4. The predicted octanol–water partition coefficient (Wildman–Crippen LogP) is 0.199. The second kappa shape index (κ2) is 12.1. The number of carboxylic acids is 2. The van der Waals surface area contributed by atoms with Crippen LogP contribution in [0.1, 0.15) is 48.0 Å². The fourth-order valence-corrected chi connectivity index (χ4v) is 2.34. The summed E-state index contributed by atoms with van der Waals surface area (Å²) in [6.07, 6.45) is -0.0931. The highest BCUT2D eigenvalue weighted by Gasteiger charge is 2.30. The van der Waals surface area contributed by atoms with Crippen LogP contribution < -0.4 is 10.6 Å². The first-order chi connectivity index (χ1) is 14.0.